The molecule has 0 atom stereocenters. The molecule has 0 spiro atoms. The SMILES string of the molecule is COc1ncc(C2CC(=O)OC(=O)C2)cc1C. The summed E-state index contributed by atoms with van der Waals surface area (Å²) in [5, 5.41) is 0. The molecule has 2 heterocycles. The van der Waals surface area contributed by atoms with Crippen LogP contribution in [0.5, 0.6) is 5.88 Å². The first-order chi connectivity index (χ1) is 8.10. The Bertz CT molecular complexity index is 454. The van der Waals surface area contributed by atoms with Gasteiger partial charge in [0.25, 0.3) is 0 Å². The molecule has 0 N–H and O–H groups in total. The highest BCUT2D eigenvalue weighted by atomic mass is 16.6. The maximum absolute atomic E-state index is 11.2. The lowest BCUT2D eigenvalue weighted by Crippen LogP contribution is -2.24. The normalized spacial score (nSPS) is 16.8. The van der Waals surface area contributed by atoms with E-state index < -0.39 is 11.9 Å². The molecular weight excluding hydrogens is 222 g/mol. The minimum atomic E-state index is -0.472. The number of nitrogens with zero attached hydrogens (tertiary/aromatic N) is 1. The van der Waals surface area contributed by atoms with Crippen LogP contribution in [0.2, 0.25) is 0 Å². The number of hydrogen-bond acceptors (Lipinski definition) is 5. The van der Waals surface area contributed by atoms with E-state index in [1.54, 1.807) is 13.3 Å². The first-order valence-corrected chi connectivity index (χ1v) is 5.34. The Hall–Kier alpha value is -1.91. The van der Waals surface area contributed by atoms with Crippen molar-refractivity contribution in [1.29, 1.82) is 0 Å². The largest absolute Gasteiger partial charge is 0.481 e. The fourth-order valence-electron chi connectivity index (χ4n) is 1.94. The molecule has 0 bridgehead atoms. The molecular formula is C12H13NO4. The number of esters is 2. The van der Waals surface area contributed by atoms with E-state index in [4.69, 9.17) is 4.74 Å². The highest BCUT2D eigenvalue weighted by Crippen LogP contribution is 2.29. The zero-order valence-corrected chi connectivity index (χ0v) is 9.73. The van der Waals surface area contributed by atoms with Gasteiger partial charge in [0, 0.05) is 17.7 Å². The molecule has 1 aliphatic heterocycles. The van der Waals surface area contributed by atoms with Crippen LogP contribution in [0, 0.1) is 6.92 Å². The lowest BCUT2D eigenvalue weighted by Gasteiger charge is -2.20. The first-order valence-electron chi connectivity index (χ1n) is 5.34. The molecule has 1 saturated heterocycles. The van der Waals surface area contributed by atoms with Gasteiger partial charge in [0.05, 0.1) is 20.0 Å². The molecule has 0 aromatic carbocycles. The second-order valence-electron chi connectivity index (χ2n) is 4.05. The monoisotopic (exact) mass is 235 g/mol. The fraction of sp³-hybridized carbons (Fsp3) is 0.417. The van der Waals surface area contributed by atoms with Crippen LogP contribution in [-0.4, -0.2) is 24.0 Å². The summed E-state index contributed by atoms with van der Waals surface area (Å²) in [5.41, 5.74) is 1.75. The van der Waals surface area contributed by atoms with Gasteiger partial charge in [-0.05, 0) is 18.6 Å². The number of carbonyl (C=O) groups is 2. The van der Waals surface area contributed by atoms with Crippen LogP contribution in [0.4, 0.5) is 0 Å². The Morgan fingerprint density at radius 2 is 2.00 bits per heavy atom. The summed E-state index contributed by atoms with van der Waals surface area (Å²) < 4.78 is 9.55. The summed E-state index contributed by atoms with van der Waals surface area (Å²) in [7, 11) is 1.55. The van der Waals surface area contributed by atoms with Crippen molar-refractivity contribution in [2.24, 2.45) is 0 Å². The van der Waals surface area contributed by atoms with Crippen molar-refractivity contribution in [3.8, 4) is 5.88 Å². The van der Waals surface area contributed by atoms with Crippen LogP contribution in [0.1, 0.15) is 29.9 Å². The van der Waals surface area contributed by atoms with Crippen molar-refractivity contribution < 1.29 is 19.1 Å². The Balaban J connectivity index is 2.25. The average Bonchev–Trinajstić information content (AvgIpc) is 2.27. The Kier molecular flexibility index (Phi) is 3.08. The molecule has 90 valence electrons. The van der Waals surface area contributed by atoms with Crippen LogP contribution >= 0.6 is 0 Å². The molecule has 2 rings (SSSR count). The van der Waals surface area contributed by atoms with E-state index in [0.29, 0.717) is 5.88 Å². The highest BCUT2D eigenvalue weighted by Gasteiger charge is 2.28. The van der Waals surface area contributed by atoms with E-state index in [1.165, 1.54) is 0 Å². The number of aryl methyl sites for hydroxylation is 1. The lowest BCUT2D eigenvalue weighted by atomic mass is 9.91. The molecule has 0 radical (unpaired) electrons. The zero-order valence-electron chi connectivity index (χ0n) is 9.73. The van der Waals surface area contributed by atoms with Gasteiger partial charge in [-0.2, -0.15) is 0 Å². The quantitative estimate of drug-likeness (QED) is 0.571. The third kappa shape index (κ3) is 2.43. The van der Waals surface area contributed by atoms with Gasteiger partial charge in [0.2, 0.25) is 5.88 Å². The predicted molar refractivity (Wildman–Crippen MR) is 58.6 cm³/mol. The number of rotatable bonds is 2. The predicted octanol–water partition coefficient (Wildman–Crippen LogP) is 1.35. The number of carbonyl (C=O) groups excluding carboxylic acids is 2. The minimum Gasteiger partial charge on any atom is -0.481 e. The molecule has 5 heteroatoms. The highest BCUT2D eigenvalue weighted by molar-refractivity contribution is 5.89. The van der Waals surface area contributed by atoms with E-state index in [-0.39, 0.29) is 18.8 Å². The number of aromatic nitrogens is 1. The van der Waals surface area contributed by atoms with Gasteiger partial charge in [-0.25, -0.2) is 4.98 Å². The van der Waals surface area contributed by atoms with Crippen LogP contribution < -0.4 is 4.74 Å². The fourth-order valence-corrected chi connectivity index (χ4v) is 1.94. The van der Waals surface area contributed by atoms with Gasteiger partial charge in [-0.15, -0.1) is 0 Å². The summed E-state index contributed by atoms with van der Waals surface area (Å²) >= 11 is 0. The van der Waals surface area contributed by atoms with E-state index in [1.807, 2.05) is 13.0 Å². The maximum atomic E-state index is 11.2. The van der Waals surface area contributed by atoms with Gasteiger partial charge in [-0.3, -0.25) is 9.59 Å². The number of cyclic esters (lactones) is 2. The summed E-state index contributed by atoms with van der Waals surface area (Å²) in [4.78, 5) is 26.5. The van der Waals surface area contributed by atoms with Crippen LogP contribution in [0.25, 0.3) is 0 Å². The van der Waals surface area contributed by atoms with Gasteiger partial charge in [0.1, 0.15) is 0 Å². The Morgan fingerprint density at radius 1 is 1.35 bits per heavy atom. The molecule has 1 aromatic heterocycles. The Morgan fingerprint density at radius 3 is 2.53 bits per heavy atom. The number of hydrogen-bond donors (Lipinski definition) is 0. The van der Waals surface area contributed by atoms with Crippen molar-refractivity contribution in [3.05, 3.63) is 23.4 Å². The van der Waals surface area contributed by atoms with Crippen molar-refractivity contribution in [2.45, 2.75) is 25.7 Å². The molecule has 1 aliphatic rings. The topological polar surface area (TPSA) is 65.5 Å². The van der Waals surface area contributed by atoms with Crippen LogP contribution in [0.15, 0.2) is 12.3 Å². The van der Waals surface area contributed by atoms with Gasteiger partial charge >= 0.3 is 11.9 Å². The summed E-state index contributed by atoms with van der Waals surface area (Å²) in [6, 6.07) is 1.89. The number of methoxy groups -OCH3 is 1. The molecule has 0 saturated carbocycles. The van der Waals surface area contributed by atoms with E-state index in [2.05, 4.69) is 9.72 Å². The van der Waals surface area contributed by atoms with Gasteiger partial charge in [-0.1, -0.05) is 0 Å². The van der Waals surface area contributed by atoms with Crippen molar-refractivity contribution in [1.82, 2.24) is 4.98 Å². The maximum Gasteiger partial charge on any atom is 0.314 e. The van der Waals surface area contributed by atoms with E-state index in [9.17, 15) is 9.59 Å². The standard InChI is InChI=1S/C12H13NO4/c1-7-3-9(6-13-12(7)16-2)8-4-10(14)17-11(15)5-8/h3,6,8H,4-5H2,1-2H3. The lowest BCUT2D eigenvalue weighted by molar-refractivity contribution is -0.163. The second-order valence-corrected chi connectivity index (χ2v) is 4.05. The summed E-state index contributed by atoms with van der Waals surface area (Å²) in [6.45, 7) is 1.87. The van der Waals surface area contributed by atoms with Crippen molar-refractivity contribution in [2.75, 3.05) is 7.11 Å². The Labute approximate surface area is 98.7 Å². The van der Waals surface area contributed by atoms with E-state index >= 15 is 0 Å². The third-order valence-corrected chi connectivity index (χ3v) is 2.77. The number of pyridine rings is 1. The van der Waals surface area contributed by atoms with E-state index in [0.717, 1.165) is 11.1 Å². The zero-order chi connectivity index (χ0) is 12.4. The minimum absolute atomic E-state index is 0.138. The third-order valence-electron chi connectivity index (χ3n) is 2.77. The summed E-state index contributed by atoms with van der Waals surface area (Å²) in [5.74, 6) is -0.529. The van der Waals surface area contributed by atoms with Gasteiger partial charge in [0.15, 0.2) is 0 Å². The van der Waals surface area contributed by atoms with Crippen molar-refractivity contribution in [3.63, 3.8) is 0 Å². The molecule has 5 nitrogen and oxygen atoms in total. The van der Waals surface area contributed by atoms with Crippen LogP contribution in [0.3, 0.4) is 0 Å². The first kappa shape index (κ1) is 11.6. The van der Waals surface area contributed by atoms with Gasteiger partial charge < -0.3 is 9.47 Å². The van der Waals surface area contributed by atoms with Crippen LogP contribution in [-0.2, 0) is 14.3 Å². The molecule has 1 fully saturated rings. The molecule has 0 amide bonds. The smallest absolute Gasteiger partial charge is 0.314 e. The summed E-state index contributed by atoms with van der Waals surface area (Å²) in [6.07, 6.45) is 2.08. The number of ether oxygens (including phenoxy) is 2. The molecule has 1 aromatic rings. The molecule has 0 unspecified atom stereocenters. The second kappa shape index (κ2) is 4.53. The molecule has 0 aliphatic carbocycles. The van der Waals surface area contributed by atoms with Crippen molar-refractivity contribution >= 4 is 11.9 Å². The average molecular weight is 235 g/mol. The molecule has 17 heavy (non-hydrogen) atoms.